The molecule has 1 unspecified atom stereocenters. The lowest BCUT2D eigenvalue weighted by Gasteiger charge is -2.29. The van der Waals surface area contributed by atoms with Crippen molar-refractivity contribution in [2.24, 2.45) is 0 Å². The van der Waals surface area contributed by atoms with Gasteiger partial charge in [0.05, 0.1) is 12.6 Å². The van der Waals surface area contributed by atoms with Gasteiger partial charge in [-0.25, -0.2) is 0 Å². The van der Waals surface area contributed by atoms with E-state index in [1.165, 1.54) is 23.2 Å². The smallest absolute Gasteiger partial charge is 0.0635 e. The molecular formula is C17H28N2O. The van der Waals surface area contributed by atoms with Crippen molar-refractivity contribution >= 4 is 5.69 Å². The maximum Gasteiger partial charge on any atom is 0.0635 e. The summed E-state index contributed by atoms with van der Waals surface area (Å²) in [5.41, 5.74) is 4.02. The predicted molar refractivity (Wildman–Crippen MR) is 85.2 cm³/mol. The van der Waals surface area contributed by atoms with Crippen molar-refractivity contribution in [3.8, 4) is 0 Å². The van der Waals surface area contributed by atoms with Crippen LogP contribution in [0.4, 0.5) is 5.69 Å². The molecule has 0 aromatic heterocycles. The maximum absolute atomic E-state index is 9.55. The highest BCUT2D eigenvalue weighted by atomic mass is 16.3. The van der Waals surface area contributed by atoms with E-state index in [1.54, 1.807) is 0 Å². The highest BCUT2D eigenvalue weighted by Crippen LogP contribution is 2.29. The molecule has 20 heavy (non-hydrogen) atoms. The second-order valence-electron chi connectivity index (χ2n) is 6.91. The van der Waals surface area contributed by atoms with E-state index in [9.17, 15) is 5.11 Å². The van der Waals surface area contributed by atoms with Gasteiger partial charge in [0.25, 0.3) is 0 Å². The summed E-state index contributed by atoms with van der Waals surface area (Å²) in [6, 6.07) is 6.93. The van der Waals surface area contributed by atoms with E-state index in [1.807, 2.05) is 0 Å². The van der Waals surface area contributed by atoms with Gasteiger partial charge < -0.3 is 15.3 Å². The van der Waals surface area contributed by atoms with Crippen molar-refractivity contribution in [3.05, 3.63) is 29.3 Å². The molecule has 2 N–H and O–H groups in total. The second kappa shape index (κ2) is 6.15. The van der Waals surface area contributed by atoms with Crippen LogP contribution in [0, 0.1) is 6.92 Å². The minimum atomic E-state index is 0.113. The molecule has 0 aliphatic carbocycles. The van der Waals surface area contributed by atoms with Crippen molar-refractivity contribution in [2.75, 3.05) is 18.1 Å². The number of aliphatic hydroxyl groups excluding tert-OH is 1. The number of aliphatic hydroxyl groups is 1. The fourth-order valence-corrected chi connectivity index (χ4v) is 2.84. The van der Waals surface area contributed by atoms with Crippen molar-refractivity contribution in [1.29, 1.82) is 0 Å². The molecule has 0 amide bonds. The number of aryl methyl sites for hydroxylation is 1. The number of hydrogen-bond donors (Lipinski definition) is 2. The topological polar surface area (TPSA) is 35.5 Å². The fraction of sp³-hybridized carbons (Fsp3) is 0.647. The van der Waals surface area contributed by atoms with Gasteiger partial charge in [-0.15, -0.1) is 0 Å². The van der Waals surface area contributed by atoms with Crippen LogP contribution in [-0.4, -0.2) is 29.8 Å². The largest absolute Gasteiger partial charge is 0.394 e. The maximum atomic E-state index is 9.55. The van der Waals surface area contributed by atoms with Gasteiger partial charge in [0.1, 0.15) is 0 Å². The lowest BCUT2D eigenvalue weighted by Crippen LogP contribution is -2.37. The average molecular weight is 276 g/mol. The molecule has 1 aliphatic rings. The molecule has 1 saturated heterocycles. The first-order chi connectivity index (χ1) is 9.40. The van der Waals surface area contributed by atoms with E-state index >= 15 is 0 Å². The number of nitrogens with zero attached hydrogens (tertiary/aromatic N) is 1. The van der Waals surface area contributed by atoms with Gasteiger partial charge >= 0.3 is 0 Å². The summed E-state index contributed by atoms with van der Waals surface area (Å²) in [6.07, 6.45) is 2.27. The number of anilines is 1. The third kappa shape index (κ3) is 3.74. The summed E-state index contributed by atoms with van der Waals surface area (Å²) in [5.74, 6) is 0. The molecule has 1 fully saturated rings. The molecule has 112 valence electrons. The van der Waals surface area contributed by atoms with Gasteiger partial charge in [-0.1, -0.05) is 17.7 Å². The third-order valence-electron chi connectivity index (χ3n) is 3.94. The van der Waals surface area contributed by atoms with E-state index in [0.717, 1.165) is 19.5 Å². The molecule has 3 nitrogen and oxygen atoms in total. The highest BCUT2D eigenvalue weighted by Gasteiger charge is 2.25. The highest BCUT2D eigenvalue weighted by molar-refractivity contribution is 5.56. The summed E-state index contributed by atoms with van der Waals surface area (Å²) in [6.45, 7) is 10.9. The Kier molecular flexibility index (Phi) is 4.71. The number of rotatable bonds is 4. The van der Waals surface area contributed by atoms with Crippen molar-refractivity contribution < 1.29 is 5.11 Å². The molecule has 1 heterocycles. The van der Waals surface area contributed by atoms with Crippen LogP contribution in [0.1, 0.15) is 44.7 Å². The van der Waals surface area contributed by atoms with E-state index in [-0.39, 0.29) is 18.2 Å². The fourth-order valence-electron chi connectivity index (χ4n) is 2.84. The van der Waals surface area contributed by atoms with E-state index < -0.39 is 0 Å². The first kappa shape index (κ1) is 15.3. The molecule has 2 rings (SSSR count). The average Bonchev–Trinajstić information content (AvgIpc) is 2.83. The first-order valence-electron chi connectivity index (χ1n) is 7.63. The molecule has 3 heteroatoms. The van der Waals surface area contributed by atoms with Crippen molar-refractivity contribution in [3.63, 3.8) is 0 Å². The quantitative estimate of drug-likeness (QED) is 0.887. The number of benzene rings is 1. The molecular weight excluding hydrogens is 248 g/mol. The van der Waals surface area contributed by atoms with Gasteiger partial charge in [-0.05, 0) is 52.2 Å². The molecule has 1 aliphatic heterocycles. The van der Waals surface area contributed by atoms with Crippen LogP contribution in [0.15, 0.2) is 18.2 Å². The number of nitrogens with one attached hydrogen (secondary N) is 1. The Morgan fingerprint density at radius 2 is 2.10 bits per heavy atom. The monoisotopic (exact) mass is 276 g/mol. The minimum Gasteiger partial charge on any atom is -0.394 e. The van der Waals surface area contributed by atoms with Gasteiger partial charge in [-0.2, -0.15) is 0 Å². The zero-order chi connectivity index (χ0) is 14.8. The van der Waals surface area contributed by atoms with Crippen LogP contribution in [0.25, 0.3) is 0 Å². The van der Waals surface area contributed by atoms with Gasteiger partial charge in [0.2, 0.25) is 0 Å². The Bertz CT molecular complexity index is 451. The zero-order valence-corrected chi connectivity index (χ0v) is 13.2. The van der Waals surface area contributed by atoms with Crippen LogP contribution >= 0.6 is 0 Å². The Morgan fingerprint density at radius 1 is 1.35 bits per heavy atom. The SMILES string of the molecule is Cc1ccc(N2CCCC2CO)c(CNC(C)(C)C)c1. The normalized spacial score (nSPS) is 19.6. The van der Waals surface area contributed by atoms with E-state index in [2.05, 4.69) is 56.1 Å². The third-order valence-corrected chi connectivity index (χ3v) is 3.94. The summed E-state index contributed by atoms with van der Waals surface area (Å²) < 4.78 is 0. The van der Waals surface area contributed by atoms with E-state index in [0.29, 0.717) is 0 Å². The molecule has 1 aromatic carbocycles. The predicted octanol–water partition coefficient (Wildman–Crippen LogP) is 2.84. The Hall–Kier alpha value is -1.06. The first-order valence-corrected chi connectivity index (χ1v) is 7.63. The van der Waals surface area contributed by atoms with Crippen LogP contribution in [0.5, 0.6) is 0 Å². The standard InChI is InChI=1S/C17H28N2O/c1-13-7-8-16(19-9-5-6-15(19)12-20)14(10-13)11-18-17(2,3)4/h7-8,10,15,18,20H,5-6,9,11-12H2,1-4H3. The Balaban J connectivity index is 2.23. The van der Waals surface area contributed by atoms with Crippen LogP contribution in [-0.2, 0) is 6.54 Å². The molecule has 1 atom stereocenters. The summed E-state index contributed by atoms with van der Waals surface area (Å²) in [5, 5.41) is 13.1. The van der Waals surface area contributed by atoms with Crippen LogP contribution in [0.2, 0.25) is 0 Å². The van der Waals surface area contributed by atoms with Crippen molar-refractivity contribution in [2.45, 2.75) is 58.7 Å². The van der Waals surface area contributed by atoms with Gasteiger partial charge in [0, 0.05) is 24.3 Å². The molecule has 1 aromatic rings. The van der Waals surface area contributed by atoms with Gasteiger partial charge in [-0.3, -0.25) is 0 Å². The lowest BCUT2D eigenvalue weighted by atomic mass is 10.0. The van der Waals surface area contributed by atoms with Crippen LogP contribution in [0.3, 0.4) is 0 Å². The van der Waals surface area contributed by atoms with E-state index in [4.69, 9.17) is 0 Å². The Labute approximate surface area is 123 Å². The van der Waals surface area contributed by atoms with Gasteiger partial charge in [0.15, 0.2) is 0 Å². The molecule has 0 radical (unpaired) electrons. The molecule has 0 bridgehead atoms. The molecule has 0 saturated carbocycles. The second-order valence-corrected chi connectivity index (χ2v) is 6.91. The Morgan fingerprint density at radius 3 is 2.75 bits per heavy atom. The lowest BCUT2D eigenvalue weighted by molar-refractivity contribution is 0.266. The summed E-state index contributed by atoms with van der Waals surface area (Å²) in [7, 11) is 0. The van der Waals surface area contributed by atoms with Crippen molar-refractivity contribution in [1.82, 2.24) is 5.32 Å². The summed E-state index contributed by atoms with van der Waals surface area (Å²) >= 11 is 0. The minimum absolute atomic E-state index is 0.113. The van der Waals surface area contributed by atoms with Crippen LogP contribution < -0.4 is 10.2 Å². The zero-order valence-electron chi connectivity index (χ0n) is 13.2. The molecule has 0 spiro atoms. The summed E-state index contributed by atoms with van der Waals surface area (Å²) in [4.78, 5) is 2.37. The number of hydrogen-bond acceptors (Lipinski definition) is 3.